The minimum atomic E-state index is 0.0210. The Morgan fingerprint density at radius 2 is 2.00 bits per heavy atom. The van der Waals surface area contributed by atoms with Crippen molar-refractivity contribution in [3.8, 4) is 0 Å². The van der Waals surface area contributed by atoms with E-state index in [4.69, 9.17) is 40.2 Å². The van der Waals surface area contributed by atoms with Crippen molar-refractivity contribution in [2.24, 2.45) is 0 Å². The smallest absolute Gasteiger partial charge is 0.173 e. The van der Waals surface area contributed by atoms with Crippen LogP contribution in [0.3, 0.4) is 0 Å². The van der Waals surface area contributed by atoms with Crippen molar-refractivity contribution in [3.63, 3.8) is 0 Å². The maximum atomic E-state index is 6.07. The molecule has 0 saturated heterocycles. The standard InChI is InChI=1S/C18H21Cl2N3OS/c1-13(17-6-3-4-7-21-17)23(8-5-9-24-2)18(25)22-16-11-14(19)10-15(20)12-16/h3-4,6-7,10-13H,5,8-9H2,1-2H3,(H,22,25)/t13-/m0/s1. The van der Waals surface area contributed by atoms with Crippen LogP contribution in [-0.4, -0.2) is 35.3 Å². The van der Waals surface area contributed by atoms with Gasteiger partial charge in [0.2, 0.25) is 0 Å². The predicted molar refractivity (Wildman–Crippen MR) is 109 cm³/mol. The van der Waals surface area contributed by atoms with Gasteiger partial charge in [-0.05, 0) is 55.9 Å². The van der Waals surface area contributed by atoms with Gasteiger partial charge in [0.05, 0.1) is 11.7 Å². The van der Waals surface area contributed by atoms with Gasteiger partial charge in [-0.15, -0.1) is 0 Å². The third kappa shape index (κ3) is 6.12. The van der Waals surface area contributed by atoms with Crippen molar-refractivity contribution in [2.75, 3.05) is 25.6 Å². The van der Waals surface area contributed by atoms with Crippen LogP contribution < -0.4 is 5.32 Å². The summed E-state index contributed by atoms with van der Waals surface area (Å²) in [5.74, 6) is 0. The van der Waals surface area contributed by atoms with Crippen LogP contribution in [0.25, 0.3) is 0 Å². The molecule has 0 fully saturated rings. The molecule has 1 heterocycles. The molecule has 25 heavy (non-hydrogen) atoms. The van der Waals surface area contributed by atoms with Crippen LogP contribution in [0.4, 0.5) is 5.69 Å². The minimum absolute atomic E-state index is 0.0210. The Hall–Kier alpha value is -1.40. The summed E-state index contributed by atoms with van der Waals surface area (Å²) in [4.78, 5) is 6.53. The third-order valence-corrected chi connectivity index (χ3v) is 4.48. The monoisotopic (exact) mass is 397 g/mol. The average Bonchev–Trinajstić information content (AvgIpc) is 2.58. The van der Waals surface area contributed by atoms with E-state index in [1.54, 1.807) is 31.5 Å². The first-order chi connectivity index (χ1) is 12.0. The highest BCUT2D eigenvalue weighted by Gasteiger charge is 2.19. The zero-order valence-electron chi connectivity index (χ0n) is 14.2. The third-order valence-electron chi connectivity index (χ3n) is 3.71. The summed E-state index contributed by atoms with van der Waals surface area (Å²) >= 11 is 17.8. The first-order valence-electron chi connectivity index (χ1n) is 7.95. The van der Waals surface area contributed by atoms with Crippen molar-refractivity contribution in [3.05, 3.63) is 58.3 Å². The number of ether oxygens (including phenoxy) is 1. The molecule has 0 unspecified atom stereocenters. The summed E-state index contributed by atoms with van der Waals surface area (Å²) < 4.78 is 5.17. The number of halogens is 2. The first kappa shape index (κ1) is 19.9. The summed E-state index contributed by atoms with van der Waals surface area (Å²) in [7, 11) is 1.69. The molecule has 0 aliphatic carbocycles. The summed E-state index contributed by atoms with van der Waals surface area (Å²) in [6.45, 7) is 3.48. The number of pyridine rings is 1. The highest BCUT2D eigenvalue weighted by Crippen LogP contribution is 2.24. The van der Waals surface area contributed by atoms with Crippen LogP contribution in [0.5, 0.6) is 0 Å². The Labute approximate surface area is 164 Å². The molecule has 2 rings (SSSR count). The van der Waals surface area contributed by atoms with E-state index in [2.05, 4.69) is 22.1 Å². The fourth-order valence-electron chi connectivity index (χ4n) is 2.45. The number of benzene rings is 1. The second-order valence-corrected chi connectivity index (χ2v) is 6.82. The molecule has 0 saturated carbocycles. The van der Waals surface area contributed by atoms with Gasteiger partial charge in [-0.1, -0.05) is 29.3 Å². The van der Waals surface area contributed by atoms with Crippen LogP contribution in [0, 0.1) is 0 Å². The molecule has 1 aromatic heterocycles. The Morgan fingerprint density at radius 3 is 2.60 bits per heavy atom. The second-order valence-electron chi connectivity index (χ2n) is 5.56. The zero-order chi connectivity index (χ0) is 18.2. The van der Waals surface area contributed by atoms with Crippen molar-refractivity contribution in [1.29, 1.82) is 0 Å². The molecular weight excluding hydrogens is 377 g/mol. The minimum Gasteiger partial charge on any atom is -0.385 e. The van der Waals surface area contributed by atoms with Crippen LogP contribution in [0.1, 0.15) is 25.1 Å². The number of nitrogens with zero attached hydrogens (tertiary/aromatic N) is 2. The Kier molecular flexibility index (Phi) is 7.90. The summed E-state index contributed by atoms with van der Waals surface area (Å²) in [5.41, 5.74) is 1.71. The highest BCUT2D eigenvalue weighted by atomic mass is 35.5. The first-order valence-corrected chi connectivity index (χ1v) is 9.11. The Balaban J connectivity index is 2.17. The molecule has 1 aromatic carbocycles. The fourth-order valence-corrected chi connectivity index (χ4v) is 3.35. The lowest BCUT2D eigenvalue weighted by Gasteiger charge is -2.31. The summed E-state index contributed by atoms with van der Waals surface area (Å²) in [5, 5.41) is 4.93. The van der Waals surface area contributed by atoms with E-state index in [1.807, 2.05) is 18.2 Å². The SMILES string of the molecule is COCCCN(C(=S)Nc1cc(Cl)cc(Cl)c1)[C@@H](C)c1ccccn1. The van der Waals surface area contributed by atoms with E-state index in [0.29, 0.717) is 21.8 Å². The average molecular weight is 398 g/mol. The number of thiocarbonyl (C=S) groups is 1. The van der Waals surface area contributed by atoms with E-state index in [1.165, 1.54) is 0 Å². The van der Waals surface area contributed by atoms with Crippen LogP contribution in [0.2, 0.25) is 10.0 Å². The molecule has 0 bridgehead atoms. The largest absolute Gasteiger partial charge is 0.385 e. The summed E-state index contributed by atoms with van der Waals surface area (Å²) in [6.07, 6.45) is 2.64. The van der Waals surface area contributed by atoms with Gasteiger partial charge in [-0.25, -0.2) is 0 Å². The maximum Gasteiger partial charge on any atom is 0.173 e. The zero-order valence-corrected chi connectivity index (χ0v) is 16.5. The maximum absolute atomic E-state index is 6.07. The number of hydrogen-bond acceptors (Lipinski definition) is 3. The molecule has 0 aliphatic heterocycles. The lowest BCUT2D eigenvalue weighted by atomic mass is 10.2. The van der Waals surface area contributed by atoms with E-state index < -0.39 is 0 Å². The fraction of sp³-hybridized carbons (Fsp3) is 0.333. The molecule has 1 N–H and O–H groups in total. The van der Waals surface area contributed by atoms with E-state index in [9.17, 15) is 0 Å². The van der Waals surface area contributed by atoms with Crippen LogP contribution in [0.15, 0.2) is 42.6 Å². The summed E-state index contributed by atoms with van der Waals surface area (Å²) in [6, 6.07) is 11.1. The van der Waals surface area contributed by atoms with Gasteiger partial charge in [0.15, 0.2) is 5.11 Å². The second kappa shape index (κ2) is 9.92. The van der Waals surface area contributed by atoms with E-state index >= 15 is 0 Å². The molecule has 0 aliphatic rings. The van der Waals surface area contributed by atoms with Crippen molar-refractivity contribution in [2.45, 2.75) is 19.4 Å². The van der Waals surface area contributed by atoms with Gasteiger partial charge >= 0.3 is 0 Å². The van der Waals surface area contributed by atoms with E-state index in [-0.39, 0.29) is 6.04 Å². The molecule has 4 nitrogen and oxygen atoms in total. The van der Waals surface area contributed by atoms with Crippen molar-refractivity contribution < 1.29 is 4.74 Å². The normalized spacial score (nSPS) is 11.8. The number of nitrogens with one attached hydrogen (secondary N) is 1. The van der Waals surface area contributed by atoms with E-state index in [0.717, 1.165) is 24.3 Å². The molecule has 2 aromatic rings. The lowest BCUT2D eigenvalue weighted by molar-refractivity contribution is 0.181. The number of methoxy groups -OCH3 is 1. The lowest BCUT2D eigenvalue weighted by Crippen LogP contribution is -2.38. The topological polar surface area (TPSA) is 37.4 Å². The molecule has 0 amide bonds. The van der Waals surface area contributed by atoms with Crippen molar-refractivity contribution >= 4 is 46.2 Å². The van der Waals surface area contributed by atoms with Gasteiger partial charge in [0, 0.05) is 42.2 Å². The number of hydrogen-bond donors (Lipinski definition) is 1. The predicted octanol–water partition coefficient (Wildman–Crippen LogP) is 5.18. The quantitative estimate of drug-likeness (QED) is 0.514. The molecule has 0 spiro atoms. The molecule has 1 atom stereocenters. The Bertz CT molecular complexity index is 680. The van der Waals surface area contributed by atoms with Gasteiger partial charge < -0.3 is 15.0 Å². The molecule has 134 valence electrons. The van der Waals surface area contributed by atoms with Gasteiger partial charge in [-0.3, -0.25) is 4.98 Å². The molecular formula is C18H21Cl2N3OS. The van der Waals surface area contributed by atoms with Crippen molar-refractivity contribution in [1.82, 2.24) is 9.88 Å². The number of aromatic nitrogens is 1. The Morgan fingerprint density at radius 1 is 1.28 bits per heavy atom. The van der Waals surface area contributed by atoms with Gasteiger partial charge in [-0.2, -0.15) is 0 Å². The number of anilines is 1. The molecule has 7 heteroatoms. The van der Waals surface area contributed by atoms with Crippen LogP contribution >= 0.6 is 35.4 Å². The van der Waals surface area contributed by atoms with Gasteiger partial charge in [0.25, 0.3) is 0 Å². The van der Waals surface area contributed by atoms with Gasteiger partial charge in [0.1, 0.15) is 0 Å². The van der Waals surface area contributed by atoms with Crippen LogP contribution in [-0.2, 0) is 4.74 Å². The number of rotatable bonds is 7. The highest BCUT2D eigenvalue weighted by molar-refractivity contribution is 7.80. The molecule has 0 radical (unpaired) electrons.